The predicted octanol–water partition coefficient (Wildman–Crippen LogP) is 3.19. The summed E-state index contributed by atoms with van der Waals surface area (Å²) in [5.41, 5.74) is 2.06. The van der Waals surface area contributed by atoms with E-state index in [-0.39, 0.29) is 0 Å². The quantitative estimate of drug-likeness (QED) is 0.703. The van der Waals surface area contributed by atoms with Crippen molar-refractivity contribution >= 4 is 6.29 Å². The van der Waals surface area contributed by atoms with Crippen LogP contribution in [0.4, 0.5) is 0 Å². The monoisotopic (exact) mass is 233 g/mol. The van der Waals surface area contributed by atoms with E-state index in [0.717, 1.165) is 24.8 Å². The molecule has 0 fully saturated rings. The summed E-state index contributed by atoms with van der Waals surface area (Å²) in [4.78, 5) is 13.0. The summed E-state index contributed by atoms with van der Waals surface area (Å²) in [5.74, 6) is 1.12. The van der Waals surface area contributed by atoms with Gasteiger partial charge in [-0.15, -0.1) is 0 Å². The maximum absolute atomic E-state index is 10.8. The van der Waals surface area contributed by atoms with Gasteiger partial charge >= 0.3 is 0 Å². The molecule has 0 aromatic heterocycles. The minimum Gasteiger partial charge on any atom is -0.309 e. The number of carbonyl (C=O) groups is 1. The molecule has 2 nitrogen and oxygen atoms in total. The molecule has 1 rings (SSSR count). The molecule has 0 aliphatic heterocycles. The van der Waals surface area contributed by atoms with Crippen LogP contribution in [0.3, 0.4) is 0 Å². The third kappa shape index (κ3) is 3.97. The molecule has 0 aliphatic rings. The summed E-state index contributed by atoms with van der Waals surface area (Å²) in [6, 6.07) is 7.99. The molecule has 0 bridgehead atoms. The molecule has 0 saturated heterocycles. The van der Waals surface area contributed by atoms with E-state index in [0.29, 0.717) is 11.8 Å². The Morgan fingerprint density at radius 3 is 2.59 bits per heavy atom. The molecule has 2 heteroatoms. The molecule has 0 heterocycles. The first-order valence-corrected chi connectivity index (χ1v) is 6.28. The lowest BCUT2D eigenvalue weighted by atomic mass is 9.84. The van der Waals surface area contributed by atoms with Crippen molar-refractivity contribution in [2.24, 2.45) is 5.92 Å². The van der Waals surface area contributed by atoms with Crippen LogP contribution < -0.4 is 0 Å². The van der Waals surface area contributed by atoms with Crippen molar-refractivity contribution in [3.63, 3.8) is 0 Å². The minimum absolute atomic E-state index is 0.525. The number of nitrogens with zero attached hydrogens (tertiary/aromatic N) is 1. The highest BCUT2D eigenvalue weighted by molar-refractivity contribution is 5.75. The van der Waals surface area contributed by atoms with E-state index in [1.54, 1.807) is 0 Å². The van der Waals surface area contributed by atoms with Gasteiger partial charge in [-0.05, 0) is 44.0 Å². The minimum atomic E-state index is 0.525. The first-order valence-electron chi connectivity index (χ1n) is 6.28. The lowest BCUT2D eigenvalue weighted by molar-refractivity contribution is 0.112. The second-order valence-electron chi connectivity index (χ2n) is 5.04. The Balaban J connectivity index is 2.88. The number of rotatable bonds is 6. The summed E-state index contributed by atoms with van der Waals surface area (Å²) in [6.45, 7) is 5.57. The topological polar surface area (TPSA) is 20.3 Å². The number of benzene rings is 1. The first kappa shape index (κ1) is 13.9. The molecule has 0 radical (unpaired) electrons. The standard InChI is InChI=1S/C15H23NO/c1-5-15(12(2)10-16(3)4)14-8-6-7-13(9-14)11-17/h6-9,11-12,15H,5,10H2,1-4H3. The third-order valence-corrected chi connectivity index (χ3v) is 3.25. The number of hydrogen-bond acceptors (Lipinski definition) is 2. The van der Waals surface area contributed by atoms with Gasteiger partial charge in [0.25, 0.3) is 0 Å². The third-order valence-electron chi connectivity index (χ3n) is 3.25. The van der Waals surface area contributed by atoms with Crippen molar-refractivity contribution in [2.45, 2.75) is 26.2 Å². The van der Waals surface area contributed by atoms with Gasteiger partial charge in [0.15, 0.2) is 0 Å². The van der Waals surface area contributed by atoms with Crippen LogP contribution in [-0.2, 0) is 0 Å². The second-order valence-corrected chi connectivity index (χ2v) is 5.04. The Morgan fingerprint density at radius 1 is 1.35 bits per heavy atom. The zero-order valence-electron chi connectivity index (χ0n) is 11.3. The number of carbonyl (C=O) groups excluding carboxylic acids is 1. The Bertz CT molecular complexity index is 360. The normalized spacial score (nSPS) is 14.6. The van der Waals surface area contributed by atoms with Crippen molar-refractivity contribution in [3.8, 4) is 0 Å². The summed E-state index contributed by atoms with van der Waals surface area (Å²) >= 11 is 0. The van der Waals surface area contributed by atoms with E-state index in [2.05, 4.69) is 38.9 Å². The van der Waals surface area contributed by atoms with Gasteiger partial charge in [-0.1, -0.05) is 32.0 Å². The maximum atomic E-state index is 10.8. The van der Waals surface area contributed by atoms with Gasteiger partial charge in [0.2, 0.25) is 0 Å². The van der Waals surface area contributed by atoms with Crippen molar-refractivity contribution in [3.05, 3.63) is 35.4 Å². The average Bonchev–Trinajstić information content (AvgIpc) is 2.29. The molecule has 0 aliphatic carbocycles. The molecule has 94 valence electrons. The Morgan fingerprint density at radius 2 is 2.06 bits per heavy atom. The van der Waals surface area contributed by atoms with Gasteiger partial charge < -0.3 is 4.90 Å². The molecule has 0 saturated carbocycles. The van der Waals surface area contributed by atoms with E-state index in [1.165, 1.54) is 5.56 Å². The molecular weight excluding hydrogens is 210 g/mol. The fourth-order valence-electron chi connectivity index (χ4n) is 2.53. The smallest absolute Gasteiger partial charge is 0.150 e. The number of hydrogen-bond donors (Lipinski definition) is 0. The van der Waals surface area contributed by atoms with Crippen molar-refractivity contribution < 1.29 is 4.79 Å². The molecule has 2 atom stereocenters. The first-order chi connectivity index (χ1) is 8.08. The van der Waals surface area contributed by atoms with Crippen LogP contribution in [-0.4, -0.2) is 31.8 Å². The molecule has 1 aromatic carbocycles. The van der Waals surface area contributed by atoms with E-state index >= 15 is 0 Å². The van der Waals surface area contributed by atoms with Gasteiger partial charge in [0.1, 0.15) is 6.29 Å². The Kier molecular flexibility index (Phi) is 5.36. The summed E-state index contributed by atoms with van der Waals surface area (Å²) in [6.07, 6.45) is 2.03. The summed E-state index contributed by atoms with van der Waals surface area (Å²) in [5, 5.41) is 0. The van der Waals surface area contributed by atoms with Gasteiger partial charge in [-0.3, -0.25) is 4.79 Å². The lowest BCUT2D eigenvalue weighted by Crippen LogP contribution is -2.24. The van der Waals surface area contributed by atoms with Gasteiger partial charge in [0.05, 0.1) is 0 Å². The van der Waals surface area contributed by atoms with Crippen LogP contribution in [0.25, 0.3) is 0 Å². The van der Waals surface area contributed by atoms with Crippen LogP contribution in [0.1, 0.15) is 42.1 Å². The zero-order valence-corrected chi connectivity index (χ0v) is 11.3. The van der Waals surface area contributed by atoms with Crippen LogP contribution >= 0.6 is 0 Å². The highest BCUT2D eigenvalue weighted by Crippen LogP contribution is 2.28. The molecular formula is C15H23NO. The summed E-state index contributed by atoms with van der Waals surface area (Å²) < 4.78 is 0. The van der Waals surface area contributed by atoms with Crippen LogP contribution in [0.2, 0.25) is 0 Å². The van der Waals surface area contributed by atoms with Crippen LogP contribution in [0.5, 0.6) is 0 Å². The molecule has 0 N–H and O–H groups in total. The molecule has 2 unspecified atom stereocenters. The summed E-state index contributed by atoms with van der Waals surface area (Å²) in [7, 11) is 4.20. The largest absolute Gasteiger partial charge is 0.309 e. The fraction of sp³-hybridized carbons (Fsp3) is 0.533. The maximum Gasteiger partial charge on any atom is 0.150 e. The molecule has 17 heavy (non-hydrogen) atoms. The fourth-order valence-corrected chi connectivity index (χ4v) is 2.53. The highest BCUT2D eigenvalue weighted by Gasteiger charge is 2.18. The molecule has 1 aromatic rings. The molecule has 0 spiro atoms. The highest BCUT2D eigenvalue weighted by atomic mass is 16.1. The van der Waals surface area contributed by atoms with Crippen molar-refractivity contribution in [1.82, 2.24) is 4.90 Å². The van der Waals surface area contributed by atoms with Gasteiger partial charge in [0, 0.05) is 12.1 Å². The van der Waals surface area contributed by atoms with E-state index < -0.39 is 0 Å². The van der Waals surface area contributed by atoms with E-state index in [4.69, 9.17) is 0 Å². The SMILES string of the molecule is CCC(c1cccc(C=O)c1)C(C)CN(C)C. The van der Waals surface area contributed by atoms with Gasteiger partial charge in [-0.25, -0.2) is 0 Å². The van der Waals surface area contributed by atoms with Crippen molar-refractivity contribution in [1.29, 1.82) is 0 Å². The van der Waals surface area contributed by atoms with Crippen LogP contribution in [0, 0.1) is 5.92 Å². The van der Waals surface area contributed by atoms with Crippen LogP contribution in [0.15, 0.2) is 24.3 Å². The second kappa shape index (κ2) is 6.55. The average molecular weight is 233 g/mol. The Hall–Kier alpha value is -1.15. The molecule has 0 amide bonds. The van der Waals surface area contributed by atoms with E-state index in [9.17, 15) is 4.79 Å². The Labute approximate surface area is 105 Å². The van der Waals surface area contributed by atoms with Gasteiger partial charge in [-0.2, -0.15) is 0 Å². The van der Waals surface area contributed by atoms with Crippen molar-refractivity contribution in [2.75, 3.05) is 20.6 Å². The van der Waals surface area contributed by atoms with E-state index in [1.807, 2.05) is 18.2 Å². The number of aldehydes is 1. The zero-order chi connectivity index (χ0) is 12.8. The predicted molar refractivity (Wildman–Crippen MR) is 72.6 cm³/mol. The lowest BCUT2D eigenvalue weighted by Gasteiger charge is -2.26.